The van der Waals surface area contributed by atoms with Crippen molar-refractivity contribution in [1.82, 2.24) is 15.1 Å². The zero-order valence-electron chi connectivity index (χ0n) is 15.4. The molecule has 2 N–H and O–H groups in total. The van der Waals surface area contributed by atoms with Crippen molar-refractivity contribution in [2.75, 3.05) is 18.9 Å². The van der Waals surface area contributed by atoms with Crippen LogP contribution in [0.1, 0.15) is 24.1 Å². The maximum absolute atomic E-state index is 14.4. The molecule has 0 saturated carbocycles. The maximum atomic E-state index is 14.4. The number of fused-ring (bicyclic) bond motifs is 1. The first-order valence-electron chi connectivity index (χ1n) is 9.13. The van der Waals surface area contributed by atoms with Crippen LogP contribution < -0.4 is 5.32 Å². The standard InChI is InChI=1S/C21H20F2N4O/c1-27-10-2-3-20(27)21(28)24-19-11-15-17(25-26-18(15)12-16(19)23)9-6-13-4-7-14(22)8-5-13/h4-9,11-12,20H,2-3,10H2,1H3,(H,24,28)(H,25,26)/b9-6+. The van der Waals surface area contributed by atoms with Crippen LogP contribution in [0.4, 0.5) is 14.5 Å². The molecule has 0 aliphatic carbocycles. The molecule has 0 radical (unpaired) electrons. The molecule has 28 heavy (non-hydrogen) atoms. The predicted molar refractivity (Wildman–Crippen MR) is 106 cm³/mol. The number of nitrogens with zero attached hydrogens (tertiary/aromatic N) is 2. The molecule has 1 aliphatic rings. The molecule has 1 saturated heterocycles. The second kappa shape index (κ2) is 7.52. The third-order valence-corrected chi connectivity index (χ3v) is 5.06. The number of aromatic amines is 1. The average Bonchev–Trinajstić information content (AvgIpc) is 3.27. The van der Waals surface area contributed by atoms with Crippen LogP contribution in [0.2, 0.25) is 0 Å². The van der Waals surface area contributed by atoms with Gasteiger partial charge in [0.1, 0.15) is 11.6 Å². The number of rotatable bonds is 4. The molecule has 1 fully saturated rings. The van der Waals surface area contributed by atoms with Crippen LogP contribution in [0.3, 0.4) is 0 Å². The van der Waals surface area contributed by atoms with E-state index in [1.54, 1.807) is 30.4 Å². The van der Waals surface area contributed by atoms with Gasteiger partial charge in [-0.2, -0.15) is 5.10 Å². The van der Waals surface area contributed by atoms with Gasteiger partial charge in [-0.15, -0.1) is 0 Å². The topological polar surface area (TPSA) is 61.0 Å². The Hall–Kier alpha value is -3.06. The molecule has 0 bridgehead atoms. The van der Waals surface area contributed by atoms with Crippen LogP contribution >= 0.6 is 0 Å². The second-order valence-electron chi connectivity index (χ2n) is 7.00. The lowest BCUT2D eigenvalue weighted by Crippen LogP contribution is -2.37. The van der Waals surface area contributed by atoms with Crippen molar-refractivity contribution in [3.05, 3.63) is 59.3 Å². The summed E-state index contributed by atoms with van der Waals surface area (Å²) in [6, 6.07) is 8.75. The maximum Gasteiger partial charge on any atom is 0.241 e. The van der Waals surface area contributed by atoms with Crippen molar-refractivity contribution in [3.8, 4) is 0 Å². The first-order valence-corrected chi connectivity index (χ1v) is 9.13. The van der Waals surface area contributed by atoms with Gasteiger partial charge in [0.2, 0.25) is 5.91 Å². The lowest BCUT2D eigenvalue weighted by molar-refractivity contribution is -0.119. The summed E-state index contributed by atoms with van der Waals surface area (Å²) in [6.45, 7) is 0.861. The third kappa shape index (κ3) is 3.66. The van der Waals surface area contributed by atoms with Gasteiger partial charge in [-0.25, -0.2) is 8.78 Å². The van der Waals surface area contributed by atoms with E-state index in [1.807, 2.05) is 11.9 Å². The summed E-state index contributed by atoms with van der Waals surface area (Å²) in [6.07, 6.45) is 5.28. The molecule has 2 aromatic carbocycles. The SMILES string of the molecule is CN1CCCC1C(=O)Nc1cc2c(/C=C/c3ccc(F)cc3)n[nH]c2cc1F. The van der Waals surface area contributed by atoms with Crippen molar-refractivity contribution >= 4 is 34.6 Å². The van der Waals surface area contributed by atoms with Gasteiger partial charge in [-0.3, -0.25) is 14.8 Å². The fourth-order valence-corrected chi connectivity index (χ4v) is 3.49. The quantitative estimate of drug-likeness (QED) is 0.716. The van der Waals surface area contributed by atoms with Gasteiger partial charge in [0.05, 0.1) is 22.9 Å². The summed E-state index contributed by atoms with van der Waals surface area (Å²) in [5.74, 6) is -1.02. The van der Waals surface area contributed by atoms with Gasteiger partial charge in [-0.05, 0) is 56.3 Å². The fraction of sp³-hybridized carbons (Fsp3) is 0.238. The Morgan fingerprint density at radius 2 is 2.04 bits per heavy atom. The Morgan fingerprint density at radius 1 is 1.25 bits per heavy atom. The number of hydrogen-bond acceptors (Lipinski definition) is 3. The van der Waals surface area contributed by atoms with Crippen LogP contribution in [0.25, 0.3) is 23.1 Å². The Balaban J connectivity index is 1.60. The van der Waals surface area contributed by atoms with E-state index in [0.29, 0.717) is 16.6 Å². The number of benzene rings is 2. The molecule has 1 aromatic heterocycles. The molecule has 1 amide bonds. The predicted octanol–water partition coefficient (Wildman–Crippen LogP) is 4.04. The summed E-state index contributed by atoms with van der Waals surface area (Å²) in [7, 11) is 1.89. The minimum atomic E-state index is -0.515. The van der Waals surface area contributed by atoms with Crippen LogP contribution in [0, 0.1) is 11.6 Å². The number of halogens is 2. The Labute approximate surface area is 161 Å². The number of H-pyrrole nitrogens is 1. The van der Waals surface area contributed by atoms with E-state index in [-0.39, 0.29) is 23.5 Å². The first-order chi connectivity index (χ1) is 13.5. The monoisotopic (exact) mass is 382 g/mol. The Morgan fingerprint density at radius 3 is 2.75 bits per heavy atom. The summed E-state index contributed by atoms with van der Waals surface area (Å²) >= 11 is 0. The largest absolute Gasteiger partial charge is 0.322 e. The molecule has 1 aliphatic heterocycles. The van der Waals surface area contributed by atoms with Crippen LogP contribution in [-0.2, 0) is 4.79 Å². The van der Waals surface area contributed by atoms with Crippen molar-refractivity contribution < 1.29 is 13.6 Å². The molecule has 4 rings (SSSR count). The number of nitrogens with one attached hydrogen (secondary N) is 2. The van der Waals surface area contributed by atoms with E-state index in [0.717, 1.165) is 24.9 Å². The molecule has 3 aromatic rings. The third-order valence-electron chi connectivity index (χ3n) is 5.06. The number of carbonyl (C=O) groups excluding carboxylic acids is 1. The molecule has 0 spiro atoms. The second-order valence-corrected chi connectivity index (χ2v) is 7.00. The van der Waals surface area contributed by atoms with E-state index in [2.05, 4.69) is 15.5 Å². The van der Waals surface area contributed by atoms with E-state index in [4.69, 9.17) is 0 Å². The fourth-order valence-electron chi connectivity index (χ4n) is 3.49. The zero-order valence-corrected chi connectivity index (χ0v) is 15.4. The minimum absolute atomic E-state index is 0.135. The van der Waals surface area contributed by atoms with Crippen LogP contribution in [0.15, 0.2) is 36.4 Å². The molecule has 2 heterocycles. The summed E-state index contributed by atoms with van der Waals surface area (Å²) in [5, 5.41) is 10.4. The van der Waals surface area contributed by atoms with Gasteiger partial charge in [0.25, 0.3) is 0 Å². The minimum Gasteiger partial charge on any atom is -0.322 e. The van der Waals surface area contributed by atoms with Crippen molar-refractivity contribution in [1.29, 1.82) is 0 Å². The highest BCUT2D eigenvalue weighted by Gasteiger charge is 2.28. The molecule has 1 unspecified atom stereocenters. The first kappa shape index (κ1) is 18.3. The lowest BCUT2D eigenvalue weighted by Gasteiger charge is -2.18. The number of carbonyl (C=O) groups is 1. The van der Waals surface area contributed by atoms with Crippen LogP contribution in [0.5, 0.6) is 0 Å². The van der Waals surface area contributed by atoms with E-state index < -0.39 is 5.82 Å². The highest BCUT2D eigenvalue weighted by molar-refractivity contribution is 5.98. The van der Waals surface area contributed by atoms with E-state index in [1.165, 1.54) is 18.2 Å². The summed E-state index contributed by atoms with van der Waals surface area (Å²) < 4.78 is 27.4. The normalized spacial score (nSPS) is 17.6. The summed E-state index contributed by atoms with van der Waals surface area (Å²) in [5.41, 5.74) is 2.09. The number of anilines is 1. The molecule has 1 atom stereocenters. The van der Waals surface area contributed by atoms with E-state index in [9.17, 15) is 13.6 Å². The molecular formula is C21H20F2N4O. The molecular weight excluding hydrogens is 362 g/mol. The Kier molecular flexibility index (Phi) is 4.92. The van der Waals surface area contributed by atoms with E-state index >= 15 is 0 Å². The van der Waals surface area contributed by atoms with Crippen molar-refractivity contribution in [2.24, 2.45) is 0 Å². The van der Waals surface area contributed by atoms with Crippen molar-refractivity contribution in [3.63, 3.8) is 0 Å². The highest BCUT2D eigenvalue weighted by Crippen LogP contribution is 2.26. The van der Waals surface area contributed by atoms with Gasteiger partial charge in [0.15, 0.2) is 0 Å². The van der Waals surface area contributed by atoms with Gasteiger partial charge < -0.3 is 5.32 Å². The number of likely N-dealkylation sites (tertiary alicyclic amines) is 1. The van der Waals surface area contributed by atoms with Crippen LogP contribution in [-0.4, -0.2) is 40.6 Å². The molecule has 144 valence electrons. The molecule has 5 nitrogen and oxygen atoms in total. The zero-order chi connectivity index (χ0) is 19.7. The summed E-state index contributed by atoms with van der Waals surface area (Å²) in [4.78, 5) is 14.5. The van der Waals surface area contributed by atoms with Gasteiger partial charge >= 0.3 is 0 Å². The van der Waals surface area contributed by atoms with Gasteiger partial charge in [0, 0.05) is 11.5 Å². The van der Waals surface area contributed by atoms with Gasteiger partial charge in [-0.1, -0.05) is 18.2 Å². The number of amides is 1. The number of hydrogen-bond donors (Lipinski definition) is 2. The number of aromatic nitrogens is 2. The van der Waals surface area contributed by atoms with Crippen molar-refractivity contribution in [2.45, 2.75) is 18.9 Å². The Bertz CT molecular complexity index is 1040. The lowest BCUT2D eigenvalue weighted by atomic mass is 10.1. The molecule has 7 heteroatoms. The highest BCUT2D eigenvalue weighted by atomic mass is 19.1. The average molecular weight is 382 g/mol. The smallest absolute Gasteiger partial charge is 0.241 e. The number of likely N-dealkylation sites (N-methyl/N-ethyl adjacent to an activating group) is 1.